The third kappa shape index (κ3) is 4.47. The average Bonchev–Trinajstić information content (AvgIpc) is 2.59. The topological polar surface area (TPSA) is 76.1 Å². The molecule has 0 radical (unpaired) electrons. The van der Waals surface area contributed by atoms with Crippen molar-refractivity contribution < 1.29 is 24.2 Å². The van der Waals surface area contributed by atoms with E-state index < -0.39 is 18.0 Å². The van der Waals surface area contributed by atoms with Crippen LogP contribution in [0.2, 0.25) is 0 Å². The van der Waals surface area contributed by atoms with Crippen LogP contribution in [0.3, 0.4) is 0 Å². The molecular formula is C18H25NO5. The summed E-state index contributed by atoms with van der Waals surface area (Å²) < 4.78 is 10.9. The molecule has 1 fully saturated rings. The van der Waals surface area contributed by atoms with Gasteiger partial charge in [0.15, 0.2) is 0 Å². The van der Waals surface area contributed by atoms with Crippen LogP contribution in [0.15, 0.2) is 24.3 Å². The van der Waals surface area contributed by atoms with Crippen LogP contribution >= 0.6 is 0 Å². The lowest BCUT2D eigenvalue weighted by Crippen LogP contribution is -2.50. The maximum Gasteiger partial charge on any atom is 0.308 e. The average molecular weight is 335 g/mol. The predicted molar refractivity (Wildman–Crippen MR) is 88.8 cm³/mol. The van der Waals surface area contributed by atoms with E-state index in [0.29, 0.717) is 19.4 Å². The molecule has 6 heteroatoms. The number of carbonyl (C=O) groups is 2. The highest BCUT2D eigenvalue weighted by Gasteiger charge is 2.34. The molecule has 1 aromatic rings. The quantitative estimate of drug-likeness (QED) is 0.863. The van der Waals surface area contributed by atoms with E-state index in [4.69, 9.17) is 9.47 Å². The molecule has 0 saturated carbocycles. The van der Waals surface area contributed by atoms with E-state index in [1.165, 1.54) is 0 Å². The lowest BCUT2D eigenvalue weighted by atomic mass is 9.93. The number of rotatable bonds is 6. The van der Waals surface area contributed by atoms with Crippen molar-refractivity contribution >= 4 is 11.9 Å². The summed E-state index contributed by atoms with van der Waals surface area (Å²) in [4.78, 5) is 25.4. The number of nitrogens with zero attached hydrogens (tertiary/aromatic N) is 1. The van der Waals surface area contributed by atoms with Gasteiger partial charge in [-0.15, -0.1) is 0 Å². The van der Waals surface area contributed by atoms with Crippen molar-refractivity contribution in [3.63, 3.8) is 0 Å². The first-order valence-corrected chi connectivity index (χ1v) is 8.20. The standard InChI is InChI=1S/C18H25NO5/c1-12-7-8-15(18(21)22)10-19(12)17(20)13(2)24-11-14-5-4-6-16(9-14)23-3/h4-6,9,12-13,15H,7-8,10-11H2,1-3H3,(H,21,22). The second-order valence-electron chi connectivity index (χ2n) is 6.26. The highest BCUT2D eigenvalue weighted by molar-refractivity contribution is 5.82. The van der Waals surface area contributed by atoms with Crippen molar-refractivity contribution in [3.8, 4) is 5.75 Å². The maximum absolute atomic E-state index is 12.6. The van der Waals surface area contributed by atoms with Gasteiger partial charge in [-0.2, -0.15) is 0 Å². The number of aliphatic carboxylic acids is 1. The Labute approximate surface area is 142 Å². The minimum absolute atomic E-state index is 0.0379. The van der Waals surface area contributed by atoms with Crippen LogP contribution in [-0.4, -0.2) is 47.7 Å². The van der Waals surface area contributed by atoms with Crippen LogP contribution in [0.25, 0.3) is 0 Å². The van der Waals surface area contributed by atoms with Gasteiger partial charge in [-0.3, -0.25) is 9.59 Å². The third-order valence-electron chi connectivity index (χ3n) is 4.50. The third-order valence-corrected chi connectivity index (χ3v) is 4.50. The van der Waals surface area contributed by atoms with Crippen molar-refractivity contribution in [1.29, 1.82) is 0 Å². The fourth-order valence-electron chi connectivity index (χ4n) is 2.90. The lowest BCUT2D eigenvalue weighted by Gasteiger charge is -2.37. The van der Waals surface area contributed by atoms with Gasteiger partial charge in [0.25, 0.3) is 5.91 Å². The van der Waals surface area contributed by atoms with Gasteiger partial charge in [0.05, 0.1) is 19.6 Å². The zero-order chi connectivity index (χ0) is 17.7. The normalized spacial score (nSPS) is 22.0. The Kier molecular flexibility index (Phi) is 6.20. The summed E-state index contributed by atoms with van der Waals surface area (Å²) in [5, 5.41) is 9.18. The number of ether oxygens (including phenoxy) is 2. The van der Waals surface area contributed by atoms with Gasteiger partial charge < -0.3 is 19.5 Å². The molecule has 0 aliphatic carbocycles. The zero-order valence-electron chi connectivity index (χ0n) is 14.4. The van der Waals surface area contributed by atoms with E-state index in [2.05, 4.69) is 0 Å². The van der Waals surface area contributed by atoms with Gasteiger partial charge in [-0.1, -0.05) is 12.1 Å². The summed E-state index contributed by atoms with van der Waals surface area (Å²) in [7, 11) is 1.60. The molecule has 0 aromatic heterocycles. The van der Waals surface area contributed by atoms with Gasteiger partial charge in [-0.05, 0) is 44.4 Å². The lowest BCUT2D eigenvalue weighted by molar-refractivity contribution is -0.152. The number of carboxylic acid groups (broad SMARTS) is 1. The van der Waals surface area contributed by atoms with Crippen molar-refractivity contribution in [2.24, 2.45) is 5.92 Å². The summed E-state index contributed by atoms with van der Waals surface area (Å²) in [6.07, 6.45) is 0.691. The molecule has 3 atom stereocenters. The Morgan fingerprint density at radius 1 is 1.38 bits per heavy atom. The van der Waals surface area contributed by atoms with Gasteiger partial charge in [0.2, 0.25) is 0 Å². The minimum Gasteiger partial charge on any atom is -0.497 e. The van der Waals surface area contributed by atoms with Crippen LogP contribution in [0.5, 0.6) is 5.75 Å². The molecule has 2 rings (SSSR count). The van der Waals surface area contributed by atoms with E-state index in [-0.39, 0.29) is 18.5 Å². The van der Waals surface area contributed by atoms with Crippen molar-refractivity contribution in [1.82, 2.24) is 4.90 Å². The van der Waals surface area contributed by atoms with Gasteiger partial charge >= 0.3 is 5.97 Å². The fraction of sp³-hybridized carbons (Fsp3) is 0.556. The molecule has 24 heavy (non-hydrogen) atoms. The second kappa shape index (κ2) is 8.15. The number of piperidine rings is 1. The summed E-state index contributed by atoms with van der Waals surface area (Å²) >= 11 is 0. The van der Waals surface area contributed by atoms with Crippen LogP contribution in [0.4, 0.5) is 0 Å². The van der Waals surface area contributed by atoms with Crippen LogP contribution in [0.1, 0.15) is 32.3 Å². The number of hydrogen-bond acceptors (Lipinski definition) is 4. The van der Waals surface area contributed by atoms with Crippen LogP contribution in [0, 0.1) is 5.92 Å². The number of methoxy groups -OCH3 is 1. The Hall–Kier alpha value is -2.08. The molecule has 1 aliphatic heterocycles. The Balaban J connectivity index is 1.94. The number of amides is 1. The van der Waals surface area contributed by atoms with Crippen molar-refractivity contribution in [2.45, 2.75) is 45.4 Å². The molecule has 0 bridgehead atoms. The Morgan fingerprint density at radius 3 is 2.79 bits per heavy atom. The molecule has 6 nitrogen and oxygen atoms in total. The number of likely N-dealkylation sites (tertiary alicyclic amines) is 1. The van der Waals surface area contributed by atoms with Gasteiger partial charge in [0.1, 0.15) is 11.9 Å². The van der Waals surface area contributed by atoms with Crippen molar-refractivity contribution in [2.75, 3.05) is 13.7 Å². The molecule has 1 amide bonds. The SMILES string of the molecule is COc1cccc(COC(C)C(=O)N2CC(C(=O)O)CCC2C)c1. The molecule has 1 N–H and O–H groups in total. The zero-order valence-corrected chi connectivity index (χ0v) is 14.4. The Bertz CT molecular complexity index is 589. The monoisotopic (exact) mass is 335 g/mol. The number of carbonyl (C=O) groups excluding carboxylic acids is 1. The minimum atomic E-state index is -0.843. The highest BCUT2D eigenvalue weighted by atomic mass is 16.5. The number of carboxylic acids is 1. The first-order valence-electron chi connectivity index (χ1n) is 8.20. The fourth-order valence-corrected chi connectivity index (χ4v) is 2.90. The molecule has 132 valence electrons. The summed E-state index contributed by atoms with van der Waals surface area (Å²) in [6, 6.07) is 7.52. The molecular weight excluding hydrogens is 310 g/mol. The first-order chi connectivity index (χ1) is 11.4. The molecule has 0 spiro atoms. The smallest absolute Gasteiger partial charge is 0.308 e. The van der Waals surface area contributed by atoms with E-state index >= 15 is 0 Å². The number of benzene rings is 1. The van der Waals surface area contributed by atoms with E-state index in [0.717, 1.165) is 11.3 Å². The molecule has 1 aliphatic rings. The van der Waals surface area contributed by atoms with Crippen LogP contribution in [-0.2, 0) is 20.9 Å². The van der Waals surface area contributed by atoms with Gasteiger partial charge in [0, 0.05) is 12.6 Å². The molecule has 1 saturated heterocycles. The highest BCUT2D eigenvalue weighted by Crippen LogP contribution is 2.23. The summed E-state index contributed by atoms with van der Waals surface area (Å²) in [6.45, 7) is 4.21. The van der Waals surface area contributed by atoms with Crippen molar-refractivity contribution in [3.05, 3.63) is 29.8 Å². The summed E-state index contributed by atoms with van der Waals surface area (Å²) in [5.41, 5.74) is 0.920. The maximum atomic E-state index is 12.6. The second-order valence-corrected chi connectivity index (χ2v) is 6.26. The first kappa shape index (κ1) is 18.3. The van der Waals surface area contributed by atoms with E-state index in [9.17, 15) is 14.7 Å². The largest absolute Gasteiger partial charge is 0.497 e. The van der Waals surface area contributed by atoms with Gasteiger partial charge in [-0.25, -0.2) is 0 Å². The summed E-state index contributed by atoms with van der Waals surface area (Å²) in [5.74, 6) is -0.749. The molecule has 3 unspecified atom stereocenters. The van der Waals surface area contributed by atoms with E-state index in [1.54, 1.807) is 18.9 Å². The molecule has 1 aromatic carbocycles. The number of hydrogen-bond donors (Lipinski definition) is 1. The van der Waals surface area contributed by atoms with Crippen LogP contribution < -0.4 is 4.74 Å². The Morgan fingerprint density at radius 2 is 2.12 bits per heavy atom. The van der Waals surface area contributed by atoms with E-state index in [1.807, 2.05) is 31.2 Å². The molecule has 1 heterocycles. The predicted octanol–water partition coefficient (Wildman–Crippen LogP) is 2.31.